The molecule has 0 spiro atoms. The first-order valence-electron chi connectivity index (χ1n) is 14.1. The van der Waals surface area contributed by atoms with Crippen molar-refractivity contribution in [2.45, 2.75) is 51.7 Å². The second-order valence-corrected chi connectivity index (χ2v) is 11.5. The number of anilines is 1. The Morgan fingerprint density at radius 3 is 1.92 bits per heavy atom. The average Bonchev–Trinajstić information content (AvgIpc) is 2.90. The van der Waals surface area contributed by atoms with Gasteiger partial charge in [-0.1, -0.05) is 48.5 Å². The fraction of sp³-hybridized carbons (Fsp3) is 0.548. The van der Waals surface area contributed by atoms with Crippen LogP contribution in [0.2, 0.25) is 0 Å². The van der Waals surface area contributed by atoms with Crippen molar-refractivity contribution in [1.29, 1.82) is 0 Å². The molecule has 0 bridgehead atoms. The van der Waals surface area contributed by atoms with Crippen LogP contribution in [0.1, 0.15) is 39.2 Å². The molecule has 0 atom stereocenters. The Hall–Kier alpha value is -2.74. The number of carbonyl (C=O) groups excluding carboxylic acids is 2. The SMILES string of the molecule is CC(C)(C)OC(=O)CN1CCN(CC(=O)N(c2ccccc2)C2CCN(CCc3ccccc3)CC2)CC1. The lowest BCUT2D eigenvalue weighted by Gasteiger charge is -2.40. The molecule has 206 valence electrons. The van der Waals surface area contributed by atoms with Gasteiger partial charge in [-0.25, -0.2) is 0 Å². The summed E-state index contributed by atoms with van der Waals surface area (Å²) in [6.07, 6.45) is 3.03. The largest absolute Gasteiger partial charge is 0.459 e. The predicted octanol–water partition coefficient (Wildman–Crippen LogP) is 3.69. The standard InChI is InChI=1S/C31H44N4O3/c1-31(2,3)38-30(37)25-34-22-20-33(21-23-34)24-29(36)35(27-12-8-5-9-13-27)28-15-18-32(19-16-28)17-14-26-10-6-4-7-11-26/h4-13,28H,14-25H2,1-3H3. The number of para-hydroxylation sites is 1. The van der Waals surface area contributed by atoms with E-state index in [1.165, 1.54) is 5.56 Å². The summed E-state index contributed by atoms with van der Waals surface area (Å²) >= 11 is 0. The zero-order valence-corrected chi connectivity index (χ0v) is 23.3. The maximum atomic E-state index is 13.7. The Bertz CT molecular complexity index is 1010. The van der Waals surface area contributed by atoms with Crippen LogP contribution in [-0.2, 0) is 20.7 Å². The van der Waals surface area contributed by atoms with Crippen LogP contribution in [-0.4, -0.2) is 97.1 Å². The van der Waals surface area contributed by atoms with Crippen molar-refractivity contribution < 1.29 is 14.3 Å². The molecule has 2 heterocycles. The molecule has 2 aromatic rings. The molecule has 2 fully saturated rings. The number of benzene rings is 2. The highest BCUT2D eigenvalue weighted by Gasteiger charge is 2.31. The van der Waals surface area contributed by atoms with E-state index in [2.05, 4.69) is 62.1 Å². The predicted molar refractivity (Wildman–Crippen MR) is 152 cm³/mol. The number of carbonyl (C=O) groups is 2. The van der Waals surface area contributed by atoms with Crippen LogP contribution >= 0.6 is 0 Å². The monoisotopic (exact) mass is 520 g/mol. The smallest absolute Gasteiger partial charge is 0.320 e. The van der Waals surface area contributed by atoms with E-state index in [0.717, 1.165) is 70.8 Å². The lowest BCUT2D eigenvalue weighted by Crippen LogP contribution is -2.54. The fourth-order valence-electron chi connectivity index (χ4n) is 5.41. The molecule has 4 rings (SSSR count). The van der Waals surface area contributed by atoms with Crippen molar-refractivity contribution in [2.24, 2.45) is 0 Å². The molecule has 7 heteroatoms. The van der Waals surface area contributed by atoms with Gasteiger partial charge in [0.25, 0.3) is 0 Å². The van der Waals surface area contributed by atoms with E-state index in [-0.39, 0.29) is 17.9 Å². The second-order valence-electron chi connectivity index (χ2n) is 11.5. The fourth-order valence-corrected chi connectivity index (χ4v) is 5.41. The quantitative estimate of drug-likeness (QED) is 0.470. The molecule has 0 aromatic heterocycles. The number of ether oxygens (including phenoxy) is 1. The second kappa shape index (κ2) is 13.4. The molecule has 2 aliphatic rings. The topological polar surface area (TPSA) is 56.3 Å². The number of hydrogen-bond acceptors (Lipinski definition) is 6. The first-order chi connectivity index (χ1) is 18.3. The van der Waals surface area contributed by atoms with E-state index in [9.17, 15) is 9.59 Å². The minimum atomic E-state index is -0.468. The summed E-state index contributed by atoms with van der Waals surface area (Å²) in [4.78, 5) is 34.8. The summed E-state index contributed by atoms with van der Waals surface area (Å²) in [7, 11) is 0. The van der Waals surface area contributed by atoms with Gasteiger partial charge in [0.1, 0.15) is 5.60 Å². The average molecular weight is 521 g/mol. The number of likely N-dealkylation sites (tertiary alicyclic amines) is 1. The van der Waals surface area contributed by atoms with E-state index in [1.807, 2.05) is 39.0 Å². The number of nitrogens with zero attached hydrogens (tertiary/aromatic N) is 4. The first kappa shape index (κ1) is 28.3. The van der Waals surface area contributed by atoms with Crippen molar-refractivity contribution >= 4 is 17.6 Å². The molecule has 7 nitrogen and oxygen atoms in total. The van der Waals surface area contributed by atoms with E-state index in [0.29, 0.717) is 13.1 Å². The summed E-state index contributed by atoms with van der Waals surface area (Å²) in [6.45, 7) is 12.5. The minimum Gasteiger partial charge on any atom is -0.459 e. The molecule has 0 aliphatic carbocycles. The molecule has 2 aliphatic heterocycles. The van der Waals surface area contributed by atoms with E-state index < -0.39 is 5.60 Å². The van der Waals surface area contributed by atoms with Crippen LogP contribution < -0.4 is 4.90 Å². The maximum Gasteiger partial charge on any atom is 0.320 e. The minimum absolute atomic E-state index is 0.166. The summed E-state index contributed by atoms with van der Waals surface area (Å²) < 4.78 is 5.47. The van der Waals surface area contributed by atoms with Gasteiger partial charge in [-0.3, -0.25) is 19.4 Å². The molecule has 0 saturated carbocycles. The van der Waals surface area contributed by atoms with Gasteiger partial charge >= 0.3 is 5.97 Å². The summed E-state index contributed by atoms with van der Waals surface area (Å²) in [6, 6.07) is 21.0. The van der Waals surface area contributed by atoms with Crippen LogP contribution in [0.3, 0.4) is 0 Å². The molecule has 2 saturated heterocycles. The number of rotatable bonds is 9. The molecule has 0 unspecified atom stereocenters. The molecule has 0 radical (unpaired) electrons. The van der Waals surface area contributed by atoms with Gasteiger partial charge in [-0.2, -0.15) is 0 Å². The van der Waals surface area contributed by atoms with E-state index >= 15 is 0 Å². The Morgan fingerprint density at radius 2 is 1.34 bits per heavy atom. The van der Waals surface area contributed by atoms with Gasteiger partial charge in [0.2, 0.25) is 5.91 Å². The summed E-state index contributed by atoms with van der Waals surface area (Å²) in [5, 5.41) is 0. The summed E-state index contributed by atoms with van der Waals surface area (Å²) in [5.41, 5.74) is 1.90. The molecular weight excluding hydrogens is 476 g/mol. The van der Waals surface area contributed by atoms with Gasteiger partial charge in [0, 0.05) is 57.5 Å². The van der Waals surface area contributed by atoms with Gasteiger partial charge in [0.15, 0.2) is 0 Å². The number of esters is 1. The van der Waals surface area contributed by atoms with Crippen molar-refractivity contribution in [3.63, 3.8) is 0 Å². The van der Waals surface area contributed by atoms with Crippen LogP contribution in [0, 0.1) is 0 Å². The van der Waals surface area contributed by atoms with Gasteiger partial charge < -0.3 is 14.5 Å². The Labute approximate surface area is 228 Å². The highest BCUT2D eigenvalue weighted by atomic mass is 16.6. The van der Waals surface area contributed by atoms with Gasteiger partial charge in [-0.05, 0) is 57.7 Å². The Balaban J connectivity index is 1.29. The molecule has 2 aromatic carbocycles. The third-order valence-corrected chi connectivity index (χ3v) is 7.38. The normalized spacial score (nSPS) is 18.3. The summed E-state index contributed by atoms with van der Waals surface area (Å²) in [5.74, 6) is -0.0214. The first-order valence-corrected chi connectivity index (χ1v) is 14.1. The van der Waals surface area contributed by atoms with Crippen LogP contribution in [0.25, 0.3) is 0 Å². The van der Waals surface area contributed by atoms with Gasteiger partial charge in [0.05, 0.1) is 13.1 Å². The van der Waals surface area contributed by atoms with Gasteiger partial charge in [-0.15, -0.1) is 0 Å². The van der Waals surface area contributed by atoms with Crippen molar-refractivity contribution in [1.82, 2.24) is 14.7 Å². The van der Waals surface area contributed by atoms with Crippen molar-refractivity contribution in [3.8, 4) is 0 Å². The Kier molecular flexibility index (Phi) is 9.94. The highest BCUT2D eigenvalue weighted by molar-refractivity contribution is 5.95. The Morgan fingerprint density at radius 1 is 0.789 bits per heavy atom. The maximum absolute atomic E-state index is 13.7. The number of hydrogen-bond donors (Lipinski definition) is 0. The third-order valence-electron chi connectivity index (χ3n) is 7.38. The number of piperazine rings is 1. The number of piperidine rings is 1. The van der Waals surface area contributed by atoms with E-state index in [4.69, 9.17) is 4.74 Å². The van der Waals surface area contributed by atoms with Crippen molar-refractivity contribution in [3.05, 3.63) is 66.2 Å². The van der Waals surface area contributed by atoms with E-state index in [1.54, 1.807) is 0 Å². The van der Waals surface area contributed by atoms with Crippen LogP contribution in [0.4, 0.5) is 5.69 Å². The zero-order valence-electron chi connectivity index (χ0n) is 23.3. The molecule has 1 amide bonds. The number of amides is 1. The van der Waals surface area contributed by atoms with Crippen LogP contribution in [0.5, 0.6) is 0 Å². The lowest BCUT2D eigenvalue weighted by atomic mass is 10.0. The highest BCUT2D eigenvalue weighted by Crippen LogP contribution is 2.24. The van der Waals surface area contributed by atoms with Crippen molar-refractivity contribution in [2.75, 3.05) is 63.8 Å². The molecular formula is C31H44N4O3. The van der Waals surface area contributed by atoms with Crippen LogP contribution in [0.15, 0.2) is 60.7 Å². The zero-order chi connectivity index (χ0) is 27.0. The molecule has 0 N–H and O–H groups in total. The third kappa shape index (κ3) is 8.65. The lowest BCUT2D eigenvalue weighted by molar-refractivity contribution is -0.156. The molecule has 38 heavy (non-hydrogen) atoms.